The topological polar surface area (TPSA) is 102 Å². The third-order valence-corrected chi connectivity index (χ3v) is 5.20. The number of hydrogen-bond donors (Lipinski definition) is 2. The molecule has 1 heterocycles. The number of aliphatic carboxylic acids is 1. The van der Waals surface area contributed by atoms with E-state index in [4.69, 9.17) is 32.7 Å². The molecule has 1 aliphatic heterocycles. The Morgan fingerprint density at radius 3 is 2.31 bits per heavy atom. The van der Waals surface area contributed by atoms with Crippen LogP contribution in [0, 0.1) is 0 Å². The third kappa shape index (κ3) is 5.10. The van der Waals surface area contributed by atoms with Crippen LogP contribution in [0.25, 0.3) is 0 Å². The largest absolute Gasteiger partial charge is 0.478 e. The van der Waals surface area contributed by atoms with E-state index in [1.54, 1.807) is 39.0 Å². The maximum Gasteiger partial charge on any atom is 0.336 e. The van der Waals surface area contributed by atoms with Crippen LogP contribution in [0.5, 0.6) is 0 Å². The molecule has 0 aromatic heterocycles. The van der Waals surface area contributed by atoms with Gasteiger partial charge in [-0.2, -0.15) is 0 Å². The number of benzene rings is 1. The summed E-state index contributed by atoms with van der Waals surface area (Å²) in [5.41, 5.74) is 1.25. The molecule has 0 aliphatic carbocycles. The Kier molecular flexibility index (Phi) is 7.70. The number of ether oxygens (including phenoxy) is 2. The van der Waals surface area contributed by atoms with Gasteiger partial charge in [0.05, 0.1) is 27.1 Å². The van der Waals surface area contributed by atoms with Crippen LogP contribution >= 0.6 is 23.2 Å². The van der Waals surface area contributed by atoms with E-state index in [2.05, 4.69) is 5.32 Å². The quantitative estimate of drug-likeness (QED) is 0.489. The van der Waals surface area contributed by atoms with Gasteiger partial charge in [-0.15, -0.1) is 0 Å². The average molecular weight is 442 g/mol. The zero-order valence-corrected chi connectivity index (χ0v) is 17.7. The zero-order chi connectivity index (χ0) is 21.7. The summed E-state index contributed by atoms with van der Waals surface area (Å²) in [6, 6.07) is 4.81. The summed E-state index contributed by atoms with van der Waals surface area (Å²) in [7, 11) is 0. The maximum absolute atomic E-state index is 12.8. The second kappa shape index (κ2) is 9.80. The van der Waals surface area contributed by atoms with Crippen molar-refractivity contribution in [3.8, 4) is 0 Å². The summed E-state index contributed by atoms with van der Waals surface area (Å²) in [4.78, 5) is 36.0. The highest BCUT2D eigenvalue weighted by molar-refractivity contribution is 6.42. The number of carbonyl (C=O) groups excluding carboxylic acids is 2. The Morgan fingerprint density at radius 2 is 1.69 bits per heavy atom. The van der Waals surface area contributed by atoms with Gasteiger partial charge in [0.15, 0.2) is 0 Å². The smallest absolute Gasteiger partial charge is 0.336 e. The standard InChI is InChI=1S/C20H21Cl2NO6/c1-4-14(24)28-8-9-29-20(27)16-11(3)23-10(2)15(19(25)26)17(16)12-6-5-7-13(21)18(12)22/h5-7,17,23H,4,8-9H2,1-3H3,(H,25,26). The van der Waals surface area contributed by atoms with E-state index in [9.17, 15) is 19.5 Å². The lowest BCUT2D eigenvalue weighted by atomic mass is 9.80. The molecule has 0 saturated carbocycles. The Balaban J connectivity index is 2.41. The molecule has 29 heavy (non-hydrogen) atoms. The molecule has 0 spiro atoms. The van der Waals surface area contributed by atoms with E-state index >= 15 is 0 Å². The number of carboxylic acid groups (broad SMARTS) is 1. The molecular formula is C20H21Cl2NO6. The van der Waals surface area contributed by atoms with Crippen molar-refractivity contribution in [2.45, 2.75) is 33.1 Å². The number of nitrogens with one attached hydrogen (secondary N) is 1. The van der Waals surface area contributed by atoms with Gasteiger partial charge in [0, 0.05) is 17.8 Å². The summed E-state index contributed by atoms with van der Waals surface area (Å²) in [5, 5.41) is 13.1. The fourth-order valence-electron chi connectivity index (χ4n) is 3.07. The van der Waals surface area contributed by atoms with E-state index in [0.29, 0.717) is 17.0 Å². The summed E-state index contributed by atoms with van der Waals surface area (Å²) in [6.07, 6.45) is 0.212. The maximum atomic E-state index is 12.8. The lowest BCUT2D eigenvalue weighted by Gasteiger charge is -2.30. The molecule has 0 radical (unpaired) electrons. The minimum absolute atomic E-state index is 0.0378. The van der Waals surface area contributed by atoms with E-state index in [0.717, 1.165) is 0 Å². The van der Waals surface area contributed by atoms with Crippen molar-refractivity contribution in [3.05, 3.63) is 56.3 Å². The summed E-state index contributed by atoms with van der Waals surface area (Å²) in [6.45, 7) is 4.63. The van der Waals surface area contributed by atoms with E-state index in [1.165, 1.54) is 0 Å². The molecule has 1 aromatic rings. The molecule has 1 atom stereocenters. The molecule has 0 amide bonds. The van der Waals surface area contributed by atoms with Crippen LogP contribution in [0.4, 0.5) is 0 Å². The number of halogens is 2. The molecule has 0 bridgehead atoms. The van der Waals surface area contributed by atoms with Crippen molar-refractivity contribution >= 4 is 41.1 Å². The predicted molar refractivity (Wildman–Crippen MR) is 108 cm³/mol. The normalized spacial score (nSPS) is 16.4. The summed E-state index contributed by atoms with van der Waals surface area (Å²) >= 11 is 12.5. The average Bonchev–Trinajstić information content (AvgIpc) is 2.66. The zero-order valence-electron chi connectivity index (χ0n) is 16.2. The van der Waals surface area contributed by atoms with Gasteiger partial charge in [-0.3, -0.25) is 4.79 Å². The molecule has 9 heteroatoms. The van der Waals surface area contributed by atoms with Crippen LogP contribution in [-0.2, 0) is 23.9 Å². The Labute approximate surface area is 178 Å². The molecule has 1 aromatic carbocycles. The van der Waals surface area contributed by atoms with Crippen molar-refractivity contribution < 1.29 is 29.0 Å². The minimum Gasteiger partial charge on any atom is -0.478 e. The molecule has 1 unspecified atom stereocenters. The molecule has 156 valence electrons. The van der Waals surface area contributed by atoms with E-state index in [-0.39, 0.29) is 40.8 Å². The molecule has 7 nitrogen and oxygen atoms in total. The van der Waals surface area contributed by atoms with Gasteiger partial charge < -0.3 is 19.9 Å². The number of dihydropyridines is 1. The highest BCUT2D eigenvalue weighted by atomic mass is 35.5. The van der Waals surface area contributed by atoms with Crippen LogP contribution in [0.15, 0.2) is 40.7 Å². The van der Waals surface area contributed by atoms with Crippen molar-refractivity contribution in [1.82, 2.24) is 5.32 Å². The number of hydrogen-bond acceptors (Lipinski definition) is 6. The van der Waals surface area contributed by atoms with Gasteiger partial charge in [-0.1, -0.05) is 42.3 Å². The van der Waals surface area contributed by atoms with Crippen molar-refractivity contribution in [1.29, 1.82) is 0 Å². The van der Waals surface area contributed by atoms with Crippen LogP contribution in [0.1, 0.15) is 38.7 Å². The molecule has 0 saturated heterocycles. The first-order valence-corrected chi connectivity index (χ1v) is 9.63. The lowest BCUT2D eigenvalue weighted by molar-refractivity contribution is -0.150. The van der Waals surface area contributed by atoms with Gasteiger partial charge in [0.1, 0.15) is 13.2 Å². The molecule has 2 rings (SSSR count). The number of esters is 2. The molecule has 0 fully saturated rings. The van der Waals surface area contributed by atoms with Crippen LogP contribution in [0.3, 0.4) is 0 Å². The third-order valence-electron chi connectivity index (χ3n) is 4.37. The van der Waals surface area contributed by atoms with Gasteiger partial charge in [-0.05, 0) is 25.5 Å². The van der Waals surface area contributed by atoms with Gasteiger partial charge in [0.2, 0.25) is 0 Å². The lowest BCUT2D eigenvalue weighted by Crippen LogP contribution is -2.32. The monoisotopic (exact) mass is 441 g/mol. The van der Waals surface area contributed by atoms with Crippen molar-refractivity contribution in [2.75, 3.05) is 13.2 Å². The Morgan fingerprint density at radius 1 is 1.07 bits per heavy atom. The summed E-state index contributed by atoms with van der Waals surface area (Å²) in [5.74, 6) is -3.34. The van der Waals surface area contributed by atoms with Crippen molar-refractivity contribution in [3.63, 3.8) is 0 Å². The molecule has 1 aliphatic rings. The number of carboxylic acids is 1. The fraction of sp³-hybridized carbons (Fsp3) is 0.350. The minimum atomic E-state index is -1.20. The number of carbonyl (C=O) groups is 3. The second-order valence-corrected chi connectivity index (χ2v) is 7.08. The number of allylic oxidation sites excluding steroid dienone is 2. The van der Waals surface area contributed by atoms with Gasteiger partial charge in [0.25, 0.3) is 0 Å². The fourth-order valence-corrected chi connectivity index (χ4v) is 3.49. The SMILES string of the molecule is CCC(=O)OCCOC(=O)C1=C(C)NC(C)=C(C(=O)O)C1c1cccc(Cl)c1Cl. The Bertz CT molecular complexity index is 906. The summed E-state index contributed by atoms with van der Waals surface area (Å²) < 4.78 is 10.1. The van der Waals surface area contributed by atoms with Gasteiger partial charge >= 0.3 is 17.9 Å². The highest BCUT2D eigenvalue weighted by Crippen LogP contribution is 2.43. The predicted octanol–water partition coefficient (Wildman–Crippen LogP) is 3.81. The number of rotatable bonds is 7. The van der Waals surface area contributed by atoms with Crippen LogP contribution < -0.4 is 5.32 Å². The van der Waals surface area contributed by atoms with Crippen LogP contribution in [0.2, 0.25) is 10.0 Å². The molecule has 2 N–H and O–H groups in total. The first-order valence-electron chi connectivity index (χ1n) is 8.87. The highest BCUT2D eigenvalue weighted by Gasteiger charge is 2.38. The second-order valence-electron chi connectivity index (χ2n) is 6.29. The van der Waals surface area contributed by atoms with E-state index < -0.39 is 23.8 Å². The molecular weight excluding hydrogens is 421 g/mol. The Hall–Kier alpha value is -2.51. The van der Waals surface area contributed by atoms with Crippen molar-refractivity contribution in [2.24, 2.45) is 0 Å². The first kappa shape index (κ1) is 22.8. The van der Waals surface area contributed by atoms with Crippen LogP contribution in [-0.4, -0.2) is 36.2 Å². The van der Waals surface area contributed by atoms with Gasteiger partial charge in [-0.25, -0.2) is 9.59 Å². The first-order chi connectivity index (χ1) is 13.7. The van der Waals surface area contributed by atoms with E-state index in [1.807, 2.05) is 0 Å².